The van der Waals surface area contributed by atoms with Gasteiger partial charge in [0, 0.05) is 19.0 Å². The normalized spacial score (nSPS) is 16.6. The Morgan fingerprint density at radius 1 is 1.39 bits per heavy atom. The molecular formula is C17H26FN3O2. The third kappa shape index (κ3) is 5.39. The maximum Gasteiger partial charge on any atom is 0.193 e. The molecule has 0 aromatic heterocycles. The summed E-state index contributed by atoms with van der Waals surface area (Å²) in [7, 11) is 1.98. The molecule has 1 aliphatic rings. The third-order valence-electron chi connectivity index (χ3n) is 3.72. The van der Waals surface area contributed by atoms with Gasteiger partial charge in [-0.15, -0.1) is 0 Å². The highest BCUT2D eigenvalue weighted by atomic mass is 19.1. The fraction of sp³-hybridized carbons (Fsp3) is 0.588. The fourth-order valence-electron chi connectivity index (χ4n) is 2.21. The summed E-state index contributed by atoms with van der Waals surface area (Å²) in [5.41, 5.74) is 0.159. The Balaban J connectivity index is 1.81. The second kappa shape index (κ2) is 8.15. The van der Waals surface area contributed by atoms with Crippen LogP contribution in [0.15, 0.2) is 29.3 Å². The molecule has 1 aromatic carbocycles. The molecular weight excluding hydrogens is 297 g/mol. The molecule has 128 valence electrons. The topological polar surface area (TPSA) is 46.1 Å². The average molecular weight is 323 g/mol. The van der Waals surface area contributed by atoms with Gasteiger partial charge in [0.1, 0.15) is 18.2 Å². The molecule has 0 amide bonds. The molecule has 0 radical (unpaired) electrons. The Morgan fingerprint density at radius 3 is 2.65 bits per heavy atom. The second-order valence-corrected chi connectivity index (χ2v) is 6.20. The van der Waals surface area contributed by atoms with Gasteiger partial charge in [-0.25, -0.2) is 4.39 Å². The third-order valence-corrected chi connectivity index (χ3v) is 3.72. The number of nitrogens with zero attached hydrogens (tertiary/aromatic N) is 2. The zero-order valence-electron chi connectivity index (χ0n) is 14.1. The molecule has 1 heterocycles. The van der Waals surface area contributed by atoms with Crippen LogP contribution in [0.2, 0.25) is 0 Å². The predicted molar refractivity (Wildman–Crippen MR) is 89.4 cm³/mol. The van der Waals surface area contributed by atoms with Crippen molar-refractivity contribution in [2.24, 2.45) is 10.4 Å². The molecule has 0 saturated carbocycles. The number of nitrogens with one attached hydrogen (secondary N) is 1. The number of benzene rings is 1. The molecule has 1 aliphatic heterocycles. The summed E-state index contributed by atoms with van der Waals surface area (Å²) >= 11 is 0. The van der Waals surface area contributed by atoms with Gasteiger partial charge in [0.2, 0.25) is 0 Å². The van der Waals surface area contributed by atoms with Crippen LogP contribution in [0.25, 0.3) is 0 Å². The standard InChI is InChI=1S/C17H26FN3O2/c1-4-19-16(20-11-17(2)12-22-13-17)21(3)9-10-23-15-7-5-14(18)6-8-15/h5-8H,4,9-13H2,1-3H3,(H,19,20). The van der Waals surface area contributed by atoms with Crippen LogP contribution in [0, 0.1) is 11.2 Å². The first-order valence-corrected chi connectivity index (χ1v) is 7.98. The highest BCUT2D eigenvalue weighted by Crippen LogP contribution is 2.26. The number of hydrogen-bond donors (Lipinski definition) is 1. The first-order valence-electron chi connectivity index (χ1n) is 7.98. The van der Waals surface area contributed by atoms with Gasteiger partial charge in [0.05, 0.1) is 26.3 Å². The molecule has 1 fully saturated rings. The monoisotopic (exact) mass is 323 g/mol. The minimum atomic E-state index is -0.260. The van der Waals surface area contributed by atoms with Crippen molar-refractivity contribution in [3.63, 3.8) is 0 Å². The van der Waals surface area contributed by atoms with Crippen molar-refractivity contribution >= 4 is 5.96 Å². The van der Waals surface area contributed by atoms with E-state index < -0.39 is 0 Å². The van der Waals surface area contributed by atoms with Crippen LogP contribution in [-0.4, -0.2) is 57.4 Å². The number of rotatable bonds is 7. The first kappa shape index (κ1) is 17.5. The summed E-state index contributed by atoms with van der Waals surface area (Å²) in [4.78, 5) is 6.73. The molecule has 0 aliphatic carbocycles. The van der Waals surface area contributed by atoms with Crippen molar-refractivity contribution in [2.45, 2.75) is 13.8 Å². The van der Waals surface area contributed by atoms with E-state index in [0.29, 0.717) is 18.9 Å². The molecule has 0 bridgehead atoms. The Bertz CT molecular complexity index is 515. The van der Waals surface area contributed by atoms with Crippen molar-refractivity contribution in [3.8, 4) is 5.75 Å². The van der Waals surface area contributed by atoms with E-state index >= 15 is 0 Å². The molecule has 23 heavy (non-hydrogen) atoms. The SMILES string of the molecule is CCNC(=NCC1(C)COC1)N(C)CCOc1ccc(F)cc1. The van der Waals surface area contributed by atoms with Crippen molar-refractivity contribution in [3.05, 3.63) is 30.1 Å². The zero-order chi connectivity index (χ0) is 16.7. The maximum atomic E-state index is 12.8. The minimum absolute atomic E-state index is 0.159. The highest BCUT2D eigenvalue weighted by Gasteiger charge is 2.33. The van der Waals surface area contributed by atoms with Gasteiger partial charge in [0.15, 0.2) is 5.96 Å². The van der Waals surface area contributed by atoms with Crippen LogP contribution >= 0.6 is 0 Å². The molecule has 0 unspecified atom stereocenters. The number of halogens is 1. The zero-order valence-corrected chi connectivity index (χ0v) is 14.1. The summed E-state index contributed by atoms with van der Waals surface area (Å²) < 4.78 is 23.7. The molecule has 2 rings (SSSR count). The molecule has 1 N–H and O–H groups in total. The number of likely N-dealkylation sites (N-methyl/N-ethyl adjacent to an activating group) is 1. The molecule has 1 saturated heterocycles. The van der Waals surface area contributed by atoms with Crippen molar-refractivity contribution in [1.29, 1.82) is 0 Å². The average Bonchev–Trinajstić information content (AvgIpc) is 2.51. The summed E-state index contributed by atoms with van der Waals surface area (Å²) in [5.74, 6) is 1.27. The quantitative estimate of drug-likeness (QED) is 0.617. The number of hydrogen-bond acceptors (Lipinski definition) is 3. The molecule has 5 nitrogen and oxygen atoms in total. The second-order valence-electron chi connectivity index (χ2n) is 6.20. The van der Waals surface area contributed by atoms with E-state index in [9.17, 15) is 4.39 Å². The van der Waals surface area contributed by atoms with Crippen molar-refractivity contribution in [1.82, 2.24) is 10.2 Å². The highest BCUT2D eigenvalue weighted by molar-refractivity contribution is 5.79. The van der Waals surface area contributed by atoms with E-state index in [0.717, 1.165) is 32.3 Å². The van der Waals surface area contributed by atoms with Crippen LogP contribution in [0.3, 0.4) is 0 Å². The van der Waals surface area contributed by atoms with Crippen molar-refractivity contribution in [2.75, 3.05) is 46.5 Å². The van der Waals surface area contributed by atoms with Gasteiger partial charge in [-0.3, -0.25) is 4.99 Å². The van der Waals surface area contributed by atoms with E-state index in [1.807, 2.05) is 18.9 Å². The smallest absolute Gasteiger partial charge is 0.193 e. The van der Waals surface area contributed by atoms with Crippen LogP contribution < -0.4 is 10.1 Å². The van der Waals surface area contributed by atoms with Crippen molar-refractivity contribution < 1.29 is 13.9 Å². The Labute approximate surface area is 137 Å². The summed E-state index contributed by atoms with van der Waals surface area (Å²) in [6, 6.07) is 6.05. The number of aliphatic imine (C=N–C) groups is 1. The molecule has 6 heteroatoms. The molecule has 1 aromatic rings. The molecule has 0 spiro atoms. The van der Waals surface area contributed by atoms with Crippen LogP contribution in [-0.2, 0) is 4.74 Å². The lowest BCUT2D eigenvalue weighted by molar-refractivity contribution is -0.0945. The van der Waals surface area contributed by atoms with E-state index in [1.54, 1.807) is 12.1 Å². The van der Waals surface area contributed by atoms with Crippen LogP contribution in [0.4, 0.5) is 4.39 Å². The van der Waals surface area contributed by atoms with Gasteiger partial charge < -0.3 is 19.7 Å². The lowest BCUT2D eigenvalue weighted by atomic mass is 9.89. The van der Waals surface area contributed by atoms with Gasteiger partial charge in [-0.1, -0.05) is 6.92 Å². The van der Waals surface area contributed by atoms with E-state index in [2.05, 4.69) is 12.2 Å². The minimum Gasteiger partial charge on any atom is -0.492 e. The first-order chi connectivity index (χ1) is 11.0. The Hall–Kier alpha value is -1.82. The molecule has 0 atom stereocenters. The van der Waals surface area contributed by atoms with E-state index in [-0.39, 0.29) is 11.2 Å². The predicted octanol–water partition coefficient (Wildman–Crippen LogP) is 2.14. The summed E-state index contributed by atoms with van der Waals surface area (Å²) in [6.45, 7) is 8.53. The fourth-order valence-corrected chi connectivity index (χ4v) is 2.21. The Morgan fingerprint density at radius 2 is 2.09 bits per heavy atom. The largest absolute Gasteiger partial charge is 0.492 e. The van der Waals surface area contributed by atoms with Crippen LogP contribution in [0.5, 0.6) is 5.75 Å². The van der Waals surface area contributed by atoms with E-state index in [4.69, 9.17) is 14.5 Å². The summed E-state index contributed by atoms with van der Waals surface area (Å²) in [6.07, 6.45) is 0. The van der Waals surface area contributed by atoms with Gasteiger partial charge in [-0.05, 0) is 31.2 Å². The number of guanidine groups is 1. The maximum absolute atomic E-state index is 12.8. The number of ether oxygens (including phenoxy) is 2. The summed E-state index contributed by atoms with van der Waals surface area (Å²) in [5, 5.41) is 3.29. The van der Waals surface area contributed by atoms with E-state index in [1.165, 1.54) is 12.1 Å². The van der Waals surface area contributed by atoms with Gasteiger partial charge in [0.25, 0.3) is 0 Å². The lowest BCUT2D eigenvalue weighted by Gasteiger charge is -2.37. The van der Waals surface area contributed by atoms with Crippen LogP contribution in [0.1, 0.15) is 13.8 Å². The van der Waals surface area contributed by atoms with Gasteiger partial charge in [-0.2, -0.15) is 0 Å². The van der Waals surface area contributed by atoms with Gasteiger partial charge >= 0.3 is 0 Å². The Kier molecular flexibility index (Phi) is 6.21. The lowest BCUT2D eigenvalue weighted by Crippen LogP contribution is -2.45.